The molecule has 3 aromatic rings. The first-order valence-corrected chi connectivity index (χ1v) is 11.5. The molecule has 0 bridgehead atoms. The fourth-order valence-corrected chi connectivity index (χ4v) is 4.23. The third-order valence-corrected chi connectivity index (χ3v) is 6.12. The summed E-state index contributed by atoms with van der Waals surface area (Å²) in [5.74, 6) is 2.25. The molecule has 0 unspecified atom stereocenters. The molecule has 1 aliphatic heterocycles. The van der Waals surface area contributed by atoms with Crippen LogP contribution < -0.4 is 24.4 Å². The number of rotatable bonds is 6. The number of urea groups is 1. The number of carbonyl (C=O) groups excluding carboxylic acids is 1. The highest BCUT2D eigenvalue weighted by Crippen LogP contribution is 2.40. The zero-order valence-corrected chi connectivity index (χ0v) is 20.8. The third-order valence-electron chi connectivity index (χ3n) is 6.12. The molecule has 0 aliphatic carbocycles. The molecule has 9 heteroatoms. The number of hydrogen-bond acceptors (Lipinski definition) is 7. The van der Waals surface area contributed by atoms with Crippen molar-refractivity contribution >= 4 is 17.5 Å². The van der Waals surface area contributed by atoms with Gasteiger partial charge in [-0.3, -0.25) is 0 Å². The molecule has 0 radical (unpaired) electrons. The van der Waals surface area contributed by atoms with Crippen molar-refractivity contribution in [3.05, 3.63) is 53.6 Å². The molecule has 1 aliphatic rings. The molecule has 1 saturated heterocycles. The van der Waals surface area contributed by atoms with Crippen molar-refractivity contribution in [1.82, 2.24) is 15.1 Å². The average molecular weight is 478 g/mol. The number of anilines is 2. The number of nitrogens with zero attached hydrogens (tertiary/aromatic N) is 4. The van der Waals surface area contributed by atoms with Crippen molar-refractivity contribution in [2.75, 3.05) is 57.7 Å². The highest BCUT2D eigenvalue weighted by Gasteiger charge is 2.23. The zero-order chi connectivity index (χ0) is 24.9. The molecule has 2 amide bonds. The van der Waals surface area contributed by atoms with Gasteiger partial charge in [0.05, 0.1) is 32.7 Å². The van der Waals surface area contributed by atoms with Crippen molar-refractivity contribution in [3.63, 3.8) is 0 Å². The number of carbonyl (C=O) groups is 1. The van der Waals surface area contributed by atoms with Gasteiger partial charge in [-0.05, 0) is 31.5 Å². The van der Waals surface area contributed by atoms with Crippen molar-refractivity contribution in [1.29, 1.82) is 0 Å². The van der Waals surface area contributed by atoms with Crippen molar-refractivity contribution in [2.45, 2.75) is 13.8 Å². The summed E-state index contributed by atoms with van der Waals surface area (Å²) in [6.07, 6.45) is 0. The van der Waals surface area contributed by atoms with Gasteiger partial charge in [0, 0.05) is 43.9 Å². The Morgan fingerprint density at radius 1 is 0.857 bits per heavy atom. The largest absolute Gasteiger partial charge is 0.493 e. The van der Waals surface area contributed by atoms with Crippen LogP contribution in [-0.4, -0.2) is 68.6 Å². The predicted octanol–water partition coefficient (Wildman–Crippen LogP) is 4.14. The second kappa shape index (κ2) is 10.5. The van der Waals surface area contributed by atoms with Crippen LogP contribution in [0.3, 0.4) is 0 Å². The smallest absolute Gasteiger partial charge is 0.321 e. The minimum Gasteiger partial charge on any atom is -0.493 e. The Morgan fingerprint density at radius 3 is 2.09 bits per heavy atom. The molecule has 0 saturated carbocycles. The molecular weight excluding hydrogens is 446 g/mol. The molecule has 0 spiro atoms. The van der Waals surface area contributed by atoms with Crippen LogP contribution in [0.5, 0.6) is 17.2 Å². The van der Waals surface area contributed by atoms with E-state index in [2.05, 4.69) is 52.5 Å². The molecule has 0 atom stereocenters. The summed E-state index contributed by atoms with van der Waals surface area (Å²) in [7, 11) is 4.62. The second-order valence-corrected chi connectivity index (χ2v) is 8.41. The maximum absolute atomic E-state index is 12.9. The fourth-order valence-electron chi connectivity index (χ4n) is 4.23. The van der Waals surface area contributed by atoms with E-state index < -0.39 is 0 Å². The first-order chi connectivity index (χ1) is 16.9. The maximum Gasteiger partial charge on any atom is 0.321 e. The van der Waals surface area contributed by atoms with Crippen LogP contribution in [0.25, 0.3) is 11.3 Å². The normalized spacial score (nSPS) is 13.4. The summed E-state index contributed by atoms with van der Waals surface area (Å²) in [6.45, 7) is 6.63. The van der Waals surface area contributed by atoms with E-state index in [9.17, 15) is 4.79 Å². The van der Waals surface area contributed by atoms with Gasteiger partial charge in [-0.1, -0.05) is 23.8 Å². The van der Waals surface area contributed by atoms with Gasteiger partial charge >= 0.3 is 6.03 Å². The Hall–Kier alpha value is -4.01. The van der Waals surface area contributed by atoms with Crippen LogP contribution in [0.1, 0.15) is 11.1 Å². The van der Waals surface area contributed by atoms with E-state index in [0.717, 1.165) is 17.1 Å². The number of piperazine rings is 1. The number of benzene rings is 2. The van der Waals surface area contributed by atoms with Gasteiger partial charge < -0.3 is 29.3 Å². The summed E-state index contributed by atoms with van der Waals surface area (Å²) >= 11 is 0. The lowest BCUT2D eigenvalue weighted by atomic mass is 10.0. The van der Waals surface area contributed by atoms with E-state index >= 15 is 0 Å². The quantitative estimate of drug-likeness (QED) is 0.571. The Balaban J connectivity index is 1.38. The number of amides is 2. The fraction of sp³-hybridized carbons (Fsp3) is 0.346. The maximum atomic E-state index is 12.9. The molecule has 1 fully saturated rings. The van der Waals surface area contributed by atoms with Crippen LogP contribution in [0.2, 0.25) is 0 Å². The molecule has 2 aromatic carbocycles. The topological polar surface area (TPSA) is 89.1 Å². The molecule has 9 nitrogen and oxygen atoms in total. The third kappa shape index (κ3) is 5.24. The first kappa shape index (κ1) is 24.1. The van der Waals surface area contributed by atoms with Gasteiger partial charge in [0.15, 0.2) is 17.3 Å². The van der Waals surface area contributed by atoms with Gasteiger partial charge in [-0.2, -0.15) is 0 Å². The van der Waals surface area contributed by atoms with Crippen LogP contribution in [0, 0.1) is 13.8 Å². The Morgan fingerprint density at radius 2 is 1.54 bits per heavy atom. The zero-order valence-electron chi connectivity index (χ0n) is 20.8. The van der Waals surface area contributed by atoms with Crippen molar-refractivity contribution < 1.29 is 19.0 Å². The Labute approximate surface area is 205 Å². The highest BCUT2D eigenvalue weighted by atomic mass is 16.5. The van der Waals surface area contributed by atoms with E-state index in [4.69, 9.17) is 14.2 Å². The molecular formula is C26H31N5O4. The summed E-state index contributed by atoms with van der Waals surface area (Å²) in [6, 6.07) is 13.5. The summed E-state index contributed by atoms with van der Waals surface area (Å²) in [5.41, 5.74) is 4.92. The summed E-state index contributed by atoms with van der Waals surface area (Å²) in [5, 5.41) is 11.8. The van der Waals surface area contributed by atoms with E-state index in [1.165, 1.54) is 11.1 Å². The van der Waals surface area contributed by atoms with Crippen LogP contribution in [0.4, 0.5) is 16.3 Å². The van der Waals surface area contributed by atoms with E-state index in [-0.39, 0.29) is 6.03 Å². The molecule has 1 aromatic heterocycles. The van der Waals surface area contributed by atoms with Crippen molar-refractivity contribution in [2.24, 2.45) is 0 Å². The first-order valence-electron chi connectivity index (χ1n) is 11.5. The predicted molar refractivity (Wildman–Crippen MR) is 136 cm³/mol. The molecule has 35 heavy (non-hydrogen) atoms. The second-order valence-electron chi connectivity index (χ2n) is 8.41. The lowest BCUT2D eigenvalue weighted by Crippen LogP contribution is -2.50. The number of nitrogens with one attached hydrogen (secondary N) is 1. The van der Waals surface area contributed by atoms with Gasteiger partial charge in [0.1, 0.15) is 0 Å². The van der Waals surface area contributed by atoms with Crippen LogP contribution >= 0.6 is 0 Å². The number of methoxy groups -OCH3 is 3. The standard InChI is InChI=1S/C26H31N5O4/c1-17-6-7-20(18(2)14-17)21-8-9-24(29-28-21)30-10-12-31(13-11-30)26(32)27-19-15-22(33-3)25(35-5)23(16-19)34-4/h6-9,14-16H,10-13H2,1-5H3,(H,27,32). The van der Waals surface area contributed by atoms with Crippen LogP contribution in [0.15, 0.2) is 42.5 Å². The number of aryl methyl sites for hydroxylation is 2. The minimum atomic E-state index is -0.185. The molecule has 2 heterocycles. The molecule has 184 valence electrons. The minimum absolute atomic E-state index is 0.185. The Bertz CT molecular complexity index is 1170. The Kier molecular flexibility index (Phi) is 7.24. The average Bonchev–Trinajstić information content (AvgIpc) is 2.88. The van der Waals surface area contributed by atoms with E-state index in [0.29, 0.717) is 49.1 Å². The number of ether oxygens (including phenoxy) is 3. The monoisotopic (exact) mass is 477 g/mol. The molecule has 4 rings (SSSR count). The number of hydrogen-bond donors (Lipinski definition) is 1. The van der Waals surface area contributed by atoms with E-state index in [1.54, 1.807) is 38.4 Å². The lowest BCUT2D eigenvalue weighted by Gasteiger charge is -2.35. The molecule has 1 N–H and O–H groups in total. The summed E-state index contributed by atoms with van der Waals surface area (Å²) in [4.78, 5) is 16.8. The van der Waals surface area contributed by atoms with Crippen molar-refractivity contribution in [3.8, 4) is 28.5 Å². The highest BCUT2D eigenvalue weighted by molar-refractivity contribution is 5.90. The van der Waals surface area contributed by atoms with Gasteiger partial charge in [-0.15, -0.1) is 10.2 Å². The van der Waals surface area contributed by atoms with Gasteiger partial charge in [0.25, 0.3) is 0 Å². The number of aromatic nitrogens is 2. The van der Waals surface area contributed by atoms with Crippen LogP contribution in [-0.2, 0) is 0 Å². The summed E-state index contributed by atoms with van der Waals surface area (Å²) < 4.78 is 16.1. The van der Waals surface area contributed by atoms with Gasteiger partial charge in [0.2, 0.25) is 5.75 Å². The SMILES string of the molecule is COc1cc(NC(=O)N2CCN(c3ccc(-c4ccc(C)cc4C)nn3)CC2)cc(OC)c1OC. The van der Waals surface area contributed by atoms with Gasteiger partial charge in [-0.25, -0.2) is 4.79 Å². The lowest BCUT2D eigenvalue weighted by molar-refractivity contribution is 0.208. The van der Waals surface area contributed by atoms with E-state index in [1.807, 2.05) is 12.1 Å².